The number of nitrogens with two attached hydrogens (primary N) is 1. The Hall–Kier alpha value is -1.14. The maximum absolute atomic E-state index is 11.4. The molecule has 0 saturated carbocycles. The lowest BCUT2D eigenvalue weighted by molar-refractivity contribution is -0.384. The number of alkyl halides is 1. The summed E-state index contributed by atoms with van der Waals surface area (Å²) in [5, 5.41) is 10.7. The van der Waals surface area contributed by atoms with Crippen LogP contribution < -0.4 is 5.73 Å². The molecule has 0 fully saturated rings. The molecule has 0 amide bonds. The normalized spacial score (nSPS) is 10.0. The summed E-state index contributed by atoms with van der Waals surface area (Å²) in [7, 11) is 0. The van der Waals surface area contributed by atoms with Gasteiger partial charge in [0, 0.05) is 0 Å². The number of hydrogen-bond acceptors (Lipinski definition) is 4. The molecule has 0 saturated heterocycles. The smallest absolute Gasteiger partial charge is 0.304 e. The van der Waals surface area contributed by atoms with Crippen LogP contribution in [-0.4, -0.2) is 16.0 Å². The summed E-state index contributed by atoms with van der Waals surface area (Å²) in [6.07, 6.45) is 0. The van der Waals surface area contributed by atoms with Gasteiger partial charge in [-0.15, -0.1) is 0 Å². The monoisotopic (exact) mass is 292 g/mol. The van der Waals surface area contributed by atoms with Gasteiger partial charge in [-0.1, -0.05) is 27.5 Å². The Balaban J connectivity index is 3.52. The molecule has 0 aliphatic carbocycles. The molecular formula is C8H6BrClN2O3. The maximum Gasteiger partial charge on any atom is 0.304 e. The van der Waals surface area contributed by atoms with Crippen LogP contribution in [0.2, 0.25) is 5.02 Å². The van der Waals surface area contributed by atoms with Gasteiger partial charge in [-0.25, -0.2) is 0 Å². The molecule has 5 nitrogen and oxygen atoms in total. The van der Waals surface area contributed by atoms with Crippen molar-refractivity contribution in [2.24, 2.45) is 0 Å². The van der Waals surface area contributed by atoms with E-state index in [2.05, 4.69) is 15.9 Å². The molecule has 2 N–H and O–H groups in total. The fraction of sp³-hybridized carbons (Fsp3) is 0.125. The third kappa shape index (κ3) is 2.27. The van der Waals surface area contributed by atoms with Crippen LogP contribution in [-0.2, 0) is 0 Å². The highest BCUT2D eigenvalue weighted by atomic mass is 79.9. The van der Waals surface area contributed by atoms with E-state index in [1.54, 1.807) is 0 Å². The van der Waals surface area contributed by atoms with Crippen molar-refractivity contribution in [1.29, 1.82) is 0 Å². The predicted molar refractivity (Wildman–Crippen MR) is 60.6 cm³/mol. The number of benzene rings is 1. The van der Waals surface area contributed by atoms with E-state index >= 15 is 0 Å². The number of ketones is 1. The van der Waals surface area contributed by atoms with Gasteiger partial charge in [0.1, 0.15) is 11.3 Å². The fourth-order valence-corrected chi connectivity index (χ4v) is 1.65. The maximum atomic E-state index is 11.4. The molecule has 1 aromatic carbocycles. The van der Waals surface area contributed by atoms with Crippen LogP contribution in [0.5, 0.6) is 0 Å². The molecule has 80 valence electrons. The minimum atomic E-state index is -0.711. The van der Waals surface area contributed by atoms with Gasteiger partial charge in [0.25, 0.3) is 0 Å². The lowest BCUT2D eigenvalue weighted by atomic mass is 10.1. The third-order valence-corrected chi connectivity index (χ3v) is 2.57. The second kappa shape index (κ2) is 4.59. The highest BCUT2D eigenvalue weighted by molar-refractivity contribution is 9.09. The van der Waals surface area contributed by atoms with Crippen LogP contribution in [0.1, 0.15) is 10.4 Å². The van der Waals surface area contributed by atoms with Crippen molar-refractivity contribution < 1.29 is 9.72 Å². The lowest BCUT2D eigenvalue weighted by Gasteiger charge is -2.04. The molecule has 0 atom stereocenters. The zero-order chi connectivity index (χ0) is 11.6. The lowest BCUT2D eigenvalue weighted by Crippen LogP contribution is -2.08. The van der Waals surface area contributed by atoms with Gasteiger partial charge in [-0.2, -0.15) is 0 Å². The molecule has 7 heteroatoms. The summed E-state index contributed by atoms with van der Waals surface area (Å²) in [5.74, 6) is -0.473. The molecule has 15 heavy (non-hydrogen) atoms. The molecule has 0 bridgehead atoms. The van der Waals surface area contributed by atoms with E-state index in [1.165, 1.54) is 12.1 Å². The topological polar surface area (TPSA) is 86.2 Å². The molecule has 0 aliphatic heterocycles. The molecular weight excluding hydrogens is 287 g/mol. The molecule has 1 aromatic rings. The fourth-order valence-electron chi connectivity index (χ4n) is 1.11. The number of hydrogen-bond donors (Lipinski definition) is 1. The third-order valence-electron chi connectivity index (χ3n) is 1.74. The van der Waals surface area contributed by atoms with Crippen molar-refractivity contribution in [3.8, 4) is 0 Å². The van der Waals surface area contributed by atoms with Crippen LogP contribution in [0.25, 0.3) is 0 Å². The van der Waals surface area contributed by atoms with Gasteiger partial charge in [-0.05, 0) is 12.1 Å². The largest absolute Gasteiger partial charge is 0.393 e. The van der Waals surface area contributed by atoms with Crippen molar-refractivity contribution in [3.05, 3.63) is 32.8 Å². The van der Waals surface area contributed by atoms with E-state index in [4.69, 9.17) is 17.3 Å². The number of Topliss-reactive ketones (excluding diaryl/α,β-unsaturated/α-hetero) is 1. The minimum Gasteiger partial charge on any atom is -0.393 e. The van der Waals surface area contributed by atoms with Crippen LogP contribution in [0, 0.1) is 10.1 Å². The van der Waals surface area contributed by atoms with Crippen molar-refractivity contribution in [2.45, 2.75) is 0 Å². The minimum absolute atomic E-state index is 0.0281. The van der Waals surface area contributed by atoms with Crippen molar-refractivity contribution >= 4 is 44.7 Å². The molecule has 1 rings (SSSR count). The first-order chi connectivity index (χ1) is 6.99. The van der Waals surface area contributed by atoms with Gasteiger partial charge in [0.05, 0.1) is 15.3 Å². The molecule has 0 spiro atoms. The number of nitro groups is 1. The average Bonchev–Trinajstić information content (AvgIpc) is 2.19. The number of nitrogen functional groups attached to an aromatic ring is 1. The Bertz CT molecular complexity index is 436. The number of nitrogens with zero attached hydrogens (tertiary/aromatic N) is 1. The standard InChI is InChI=1S/C8H6BrClN2O3/c9-3-6(13)7-4(10)1-2-5(11)8(7)12(14)15/h1-2H,3,11H2. The first kappa shape index (κ1) is 11.9. The number of anilines is 1. The number of halogens is 2. The van der Waals surface area contributed by atoms with Gasteiger partial charge in [0.2, 0.25) is 0 Å². The summed E-state index contributed by atoms with van der Waals surface area (Å²) in [5.41, 5.74) is 4.75. The van der Waals surface area contributed by atoms with Gasteiger partial charge >= 0.3 is 5.69 Å². The quantitative estimate of drug-likeness (QED) is 0.305. The van der Waals surface area contributed by atoms with E-state index in [9.17, 15) is 14.9 Å². The van der Waals surface area contributed by atoms with Crippen molar-refractivity contribution in [3.63, 3.8) is 0 Å². The Labute approximate surface area is 98.5 Å². The SMILES string of the molecule is Nc1ccc(Cl)c(C(=O)CBr)c1[N+](=O)[O-]. The number of carbonyl (C=O) groups is 1. The zero-order valence-corrected chi connectivity index (χ0v) is 9.71. The molecule has 0 aliphatic rings. The van der Waals surface area contributed by atoms with E-state index in [0.29, 0.717) is 0 Å². The average molecular weight is 294 g/mol. The van der Waals surface area contributed by atoms with Crippen LogP contribution in [0.4, 0.5) is 11.4 Å². The summed E-state index contributed by atoms with van der Waals surface area (Å²) < 4.78 is 0. The summed E-state index contributed by atoms with van der Waals surface area (Å²) in [4.78, 5) is 21.4. The molecule has 0 unspecified atom stereocenters. The predicted octanol–water partition coefficient (Wildman–Crippen LogP) is 2.41. The molecule has 0 aromatic heterocycles. The summed E-state index contributed by atoms with van der Waals surface area (Å²) >= 11 is 8.64. The van der Waals surface area contributed by atoms with Crippen molar-refractivity contribution in [1.82, 2.24) is 0 Å². The highest BCUT2D eigenvalue weighted by Gasteiger charge is 2.25. The van der Waals surface area contributed by atoms with E-state index in [-0.39, 0.29) is 21.6 Å². The Kier molecular flexibility index (Phi) is 3.65. The highest BCUT2D eigenvalue weighted by Crippen LogP contribution is 2.32. The Morgan fingerprint density at radius 2 is 2.20 bits per heavy atom. The van der Waals surface area contributed by atoms with Crippen LogP contribution in [0.3, 0.4) is 0 Å². The van der Waals surface area contributed by atoms with Crippen LogP contribution >= 0.6 is 27.5 Å². The summed E-state index contributed by atoms with van der Waals surface area (Å²) in [6.45, 7) is 0. The van der Waals surface area contributed by atoms with Gasteiger partial charge in [0.15, 0.2) is 5.78 Å². The van der Waals surface area contributed by atoms with Gasteiger partial charge < -0.3 is 5.73 Å². The molecule has 0 radical (unpaired) electrons. The zero-order valence-electron chi connectivity index (χ0n) is 7.37. The van der Waals surface area contributed by atoms with Crippen LogP contribution in [0.15, 0.2) is 12.1 Å². The second-order valence-electron chi connectivity index (χ2n) is 2.67. The number of rotatable bonds is 3. The number of nitro benzene ring substituents is 1. The van der Waals surface area contributed by atoms with E-state index < -0.39 is 16.4 Å². The summed E-state index contributed by atoms with van der Waals surface area (Å²) in [6, 6.07) is 2.66. The first-order valence-electron chi connectivity index (χ1n) is 3.80. The molecule has 0 heterocycles. The van der Waals surface area contributed by atoms with Crippen molar-refractivity contribution in [2.75, 3.05) is 11.1 Å². The Morgan fingerprint density at radius 3 is 2.67 bits per heavy atom. The number of carbonyl (C=O) groups excluding carboxylic acids is 1. The second-order valence-corrected chi connectivity index (χ2v) is 3.64. The van der Waals surface area contributed by atoms with E-state index in [1.807, 2.05) is 0 Å². The first-order valence-corrected chi connectivity index (χ1v) is 5.30. The Morgan fingerprint density at radius 1 is 1.60 bits per heavy atom. The van der Waals surface area contributed by atoms with E-state index in [0.717, 1.165) is 0 Å². The van der Waals surface area contributed by atoms with Gasteiger partial charge in [-0.3, -0.25) is 14.9 Å².